The van der Waals surface area contributed by atoms with Gasteiger partial charge in [0.25, 0.3) is 5.91 Å². The van der Waals surface area contributed by atoms with Gasteiger partial charge < -0.3 is 5.32 Å². The highest BCUT2D eigenvalue weighted by Gasteiger charge is 2.11. The number of amides is 1. The number of hydrogen-bond donors (Lipinski definition) is 2. The van der Waals surface area contributed by atoms with Gasteiger partial charge in [-0.3, -0.25) is 10.2 Å². The molecule has 0 saturated carbocycles. The van der Waals surface area contributed by atoms with Crippen molar-refractivity contribution < 1.29 is 4.79 Å². The molecule has 0 saturated heterocycles. The van der Waals surface area contributed by atoms with Crippen LogP contribution in [-0.2, 0) is 0 Å². The largest absolute Gasteiger partial charge is 0.350 e. The van der Waals surface area contributed by atoms with E-state index in [0.717, 1.165) is 0 Å². The molecule has 0 radical (unpaired) electrons. The van der Waals surface area contributed by atoms with Crippen molar-refractivity contribution in [3.8, 4) is 12.1 Å². The quantitative estimate of drug-likeness (QED) is 0.656. The molecule has 7 heteroatoms. The molecule has 102 valence electrons. The Morgan fingerprint density at radius 3 is 2.50 bits per heavy atom. The van der Waals surface area contributed by atoms with Crippen LogP contribution < -0.4 is 10.7 Å². The fourth-order valence-corrected chi connectivity index (χ4v) is 1.57. The zero-order valence-corrected chi connectivity index (χ0v) is 11.7. The minimum atomic E-state index is -0.303. The van der Waals surface area contributed by atoms with Gasteiger partial charge in [0, 0.05) is 6.04 Å². The molecule has 0 aliphatic heterocycles. The monoisotopic (exact) mass is 289 g/mol. The van der Waals surface area contributed by atoms with E-state index in [9.17, 15) is 4.79 Å². The molecule has 20 heavy (non-hydrogen) atoms. The molecule has 0 heterocycles. The van der Waals surface area contributed by atoms with Gasteiger partial charge in [-0.15, -0.1) is 0 Å². The third kappa shape index (κ3) is 4.27. The molecular weight excluding hydrogens is 278 g/mol. The van der Waals surface area contributed by atoms with Crippen LogP contribution in [0, 0.1) is 22.7 Å². The third-order valence-electron chi connectivity index (χ3n) is 2.14. The number of hydrogen-bond acceptors (Lipinski definition) is 5. The first-order valence-corrected chi connectivity index (χ1v) is 6.10. The number of rotatable bonds is 4. The van der Waals surface area contributed by atoms with Crippen molar-refractivity contribution in [3.05, 3.63) is 28.8 Å². The fraction of sp³-hybridized carbons (Fsp3) is 0.231. The number of hydrazone groups is 1. The zero-order valence-electron chi connectivity index (χ0n) is 10.9. The zero-order chi connectivity index (χ0) is 15.1. The molecule has 0 atom stereocenters. The smallest absolute Gasteiger partial charge is 0.252 e. The molecule has 0 unspecified atom stereocenters. The van der Waals surface area contributed by atoms with E-state index >= 15 is 0 Å². The molecule has 1 amide bonds. The van der Waals surface area contributed by atoms with Gasteiger partial charge in [-0.05, 0) is 32.0 Å². The maximum absolute atomic E-state index is 11.8. The van der Waals surface area contributed by atoms with E-state index in [0.29, 0.717) is 11.3 Å². The second-order valence-electron chi connectivity index (χ2n) is 4.12. The molecule has 0 aromatic heterocycles. The number of carbonyl (C=O) groups excluding carboxylic acids is 1. The van der Waals surface area contributed by atoms with Gasteiger partial charge in [0.15, 0.2) is 0 Å². The standard InChI is InChI=1S/C13H12ClN5O/c1-8(2)17-13(20)11-4-3-9(5-12(11)14)18-19-10(6-15)7-16/h3-5,8,18H,1-2H3,(H,17,20). The first-order valence-electron chi connectivity index (χ1n) is 5.72. The maximum atomic E-state index is 11.8. The highest BCUT2D eigenvalue weighted by atomic mass is 35.5. The summed E-state index contributed by atoms with van der Waals surface area (Å²) in [5.41, 5.74) is 3.03. The first-order chi connectivity index (χ1) is 9.47. The second kappa shape index (κ2) is 7.13. The summed E-state index contributed by atoms with van der Waals surface area (Å²) >= 11 is 6.01. The third-order valence-corrected chi connectivity index (χ3v) is 2.45. The first kappa shape index (κ1) is 15.5. The lowest BCUT2D eigenvalue weighted by Crippen LogP contribution is -2.30. The van der Waals surface area contributed by atoms with Gasteiger partial charge >= 0.3 is 0 Å². The molecular formula is C13H12ClN5O. The minimum absolute atomic E-state index is 0.00906. The number of nitrogens with zero attached hydrogens (tertiary/aromatic N) is 3. The van der Waals surface area contributed by atoms with E-state index in [4.69, 9.17) is 22.1 Å². The summed E-state index contributed by atoms with van der Waals surface area (Å²) in [4.78, 5) is 11.8. The molecule has 1 aromatic carbocycles. The van der Waals surface area contributed by atoms with Crippen molar-refractivity contribution >= 4 is 28.9 Å². The molecule has 1 aromatic rings. The van der Waals surface area contributed by atoms with Crippen molar-refractivity contribution in [2.45, 2.75) is 19.9 Å². The summed E-state index contributed by atoms with van der Waals surface area (Å²) < 4.78 is 0. The van der Waals surface area contributed by atoms with Crippen LogP contribution in [0.5, 0.6) is 0 Å². The lowest BCUT2D eigenvalue weighted by Gasteiger charge is -2.10. The van der Waals surface area contributed by atoms with Crippen LogP contribution in [0.4, 0.5) is 5.69 Å². The summed E-state index contributed by atoms with van der Waals surface area (Å²) in [6.07, 6.45) is 0. The fourth-order valence-electron chi connectivity index (χ4n) is 1.30. The Kier molecular flexibility index (Phi) is 5.52. The van der Waals surface area contributed by atoms with E-state index in [1.807, 2.05) is 13.8 Å². The van der Waals surface area contributed by atoms with E-state index < -0.39 is 0 Å². The minimum Gasteiger partial charge on any atom is -0.350 e. The predicted octanol–water partition coefficient (Wildman–Crippen LogP) is 2.29. The molecule has 2 N–H and O–H groups in total. The van der Waals surface area contributed by atoms with Crippen molar-refractivity contribution in [1.82, 2.24) is 5.32 Å². The Labute approximate surface area is 121 Å². The SMILES string of the molecule is CC(C)NC(=O)c1ccc(NN=C(C#N)C#N)cc1Cl. The van der Waals surface area contributed by atoms with Crippen LogP contribution in [0.25, 0.3) is 0 Å². The Bertz CT molecular complexity index is 609. The summed E-state index contributed by atoms with van der Waals surface area (Å²) in [6.45, 7) is 3.70. The predicted molar refractivity (Wildman–Crippen MR) is 76.3 cm³/mol. The van der Waals surface area contributed by atoms with Crippen LogP contribution in [-0.4, -0.2) is 17.7 Å². The normalized spacial score (nSPS) is 9.30. The van der Waals surface area contributed by atoms with Crippen LogP contribution in [0.1, 0.15) is 24.2 Å². The second-order valence-corrected chi connectivity index (χ2v) is 4.53. The van der Waals surface area contributed by atoms with E-state index in [1.165, 1.54) is 12.1 Å². The van der Waals surface area contributed by atoms with E-state index in [1.54, 1.807) is 18.2 Å². The van der Waals surface area contributed by atoms with Crippen molar-refractivity contribution in [2.24, 2.45) is 5.10 Å². The van der Waals surface area contributed by atoms with Gasteiger partial charge in [0.2, 0.25) is 5.71 Å². The average molecular weight is 290 g/mol. The van der Waals surface area contributed by atoms with Crippen molar-refractivity contribution in [3.63, 3.8) is 0 Å². The lowest BCUT2D eigenvalue weighted by atomic mass is 10.2. The van der Waals surface area contributed by atoms with Crippen LogP contribution in [0.2, 0.25) is 5.02 Å². The van der Waals surface area contributed by atoms with Gasteiger partial charge in [0.05, 0.1) is 16.3 Å². The number of anilines is 1. The van der Waals surface area contributed by atoms with Crippen LogP contribution >= 0.6 is 11.6 Å². The van der Waals surface area contributed by atoms with E-state index in [2.05, 4.69) is 15.8 Å². The molecule has 6 nitrogen and oxygen atoms in total. The van der Waals surface area contributed by atoms with Crippen LogP contribution in [0.15, 0.2) is 23.3 Å². The van der Waals surface area contributed by atoms with Gasteiger partial charge in [-0.2, -0.15) is 15.6 Å². The number of nitrogens with one attached hydrogen (secondary N) is 2. The average Bonchev–Trinajstić information content (AvgIpc) is 2.39. The van der Waals surface area contributed by atoms with Gasteiger partial charge in [-0.25, -0.2) is 0 Å². The summed E-state index contributed by atoms with van der Waals surface area (Å²) in [6, 6.07) is 7.85. The van der Waals surface area contributed by atoms with Crippen molar-refractivity contribution in [2.75, 3.05) is 5.43 Å². The highest BCUT2D eigenvalue weighted by molar-refractivity contribution is 6.34. The highest BCUT2D eigenvalue weighted by Crippen LogP contribution is 2.21. The number of nitriles is 2. The number of carbonyl (C=O) groups is 1. The summed E-state index contributed by atoms with van der Waals surface area (Å²) in [7, 11) is 0. The van der Waals surface area contributed by atoms with Gasteiger partial charge in [0.1, 0.15) is 12.1 Å². The Morgan fingerprint density at radius 1 is 1.35 bits per heavy atom. The Morgan fingerprint density at radius 2 is 2.00 bits per heavy atom. The maximum Gasteiger partial charge on any atom is 0.252 e. The topological polar surface area (TPSA) is 101 Å². The van der Waals surface area contributed by atoms with Crippen LogP contribution in [0.3, 0.4) is 0 Å². The molecule has 0 fully saturated rings. The number of halogens is 1. The Balaban J connectivity index is 2.90. The van der Waals surface area contributed by atoms with Crippen molar-refractivity contribution in [1.29, 1.82) is 10.5 Å². The molecule has 1 rings (SSSR count). The molecule has 0 aliphatic rings. The summed E-state index contributed by atoms with van der Waals surface area (Å²) in [5.74, 6) is -0.269. The van der Waals surface area contributed by atoms with E-state index in [-0.39, 0.29) is 22.7 Å². The Hall–Kier alpha value is -2.57. The summed E-state index contributed by atoms with van der Waals surface area (Å²) in [5, 5.41) is 23.6. The molecule has 0 spiro atoms. The number of benzene rings is 1. The molecule has 0 bridgehead atoms. The molecule has 0 aliphatic carbocycles. The van der Waals surface area contributed by atoms with Gasteiger partial charge in [-0.1, -0.05) is 11.6 Å². The lowest BCUT2D eigenvalue weighted by molar-refractivity contribution is 0.0943.